The molecule has 4 aromatic rings. The van der Waals surface area contributed by atoms with Crippen LogP contribution in [0.3, 0.4) is 0 Å². The summed E-state index contributed by atoms with van der Waals surface area (Å²) >= 11 is 0. The minimum absolute atomic E-state index is 0.910. The third kappa shape index (κ3) is 31.9. The normalized spacial score (nSPS) is 7.49. The second-order valence-corrected chi connectivity index (χ2v) is 6.48. The van der Waals surface area contributed by atoms with Crippen molar-refractivity contribution in [3.8, 4) is 23.0 Å². The summed E-state index contributed by atoms with van der Waals surface area (Å²) in [4.78, 5) is 0. The molecule has 0 unspecified atom stereocenters. The van der Waals surface area contributed by atoms with Gasteiger partial charge in [-0.15, -0.1) is 6.58 Å². The van der Waals surface area contributed by atoms with Crippen LogP contribution in [-0.2, 0) is 0 Å². The summed E-state index contributed by atoms with van der Waals surface area (Å²) in [6.07, 6.45) is 1.75. The van der Waals surface area contributed by atoms with Gasteiger partial charge in [0.25, 0.3) is 0 Å². The summed E-state index contributed by atoms with van der Waals surface area (Å²) in [5, 5.41) is 0. The molecule has 4 rings (SSSR count). The first-order valence-electron chi connectivity index (χ1n) is 14.1. The Morgan fingerprint density at radius 1 is 0.366 bits per heavy atom. The first-order valence-corrected chi connectivity index (χ1v) is 14.1. The standard InChI is InChI=1S/4C7H8O.C3H6.3C2H6/c4*1-8-7-5-3-2-4-6-7;1-3-2;3*1-2/h4*2-6H,1H3;3H,1H2,2H3;3*1-2H3. The fourth-order valence-corrected chi connectivity index (χ4v) is 2.23. The van der Waals surface area contributed by atoms with Gasteiger partial charge in [0.1, 0.15) is 23.0 Å². The van der Waals surface area contributed by atoms with Crippen LogP contribution in [0.1, 0.15) is 48.5 Å². The Morgan fingerprint density at radius 2 is 0.488 bits per heavy atom. The zero-order valence-electron chi connectivity index (χ0n) is 27.5. The van der Waals surface area contributed by atoms with E-state index >= 15 is 0 Å². The molecule has 0 atom stereocenters. The molecule has 41 heavy (non-hydrogen) atoms. The van der Waals surface area contributed by atoms with Gasteiger partial charge in [0.05, 0.1) is 28.4 Å². The Morgan fingerprint density at radius 3 is 0.561 bits per heavy atom. The monoisotopic (exact) mass is 564 g/mol. The van der Waals surface area contributed by atoms with E-state index in [9.17, 15) is 0 Å². The molecule has 228 valence electrons. The number of benzene rings is 4. The topological polar surface area (TPSA) is 36.9 Å². The van der Waals surface area contributed by atoms with Crippen LogP contribution in [0.2, 0.25) is 0 Å². The minimum atomic E-state index is 0.910. The van der Waals surface area contributed by atoms with Crippen LogP contribution in [0.25, 0.3) is 0 Å². The molecule has 0 radical (unpaired) electrons. The molecule has 0 heterocycles. The van der Waals surface area contributed by atoms with Crippen LogP contribution in [0.4, 0.5) is 0 Å². The molecule has 0 amide bonds. The van der Waals surface area contributed by atoms with Crippen LogP contribution in [0.15, 0.2) is 134 Å². The number of ether oxygens (including phenoxy) is 4. The van der Waals surface area contributed by atoms with E-state index in [0.29, 0.717) is 0 Å². The highest BCUT2D eigenvalue weighted by Crippen LogP contribution is 2.07. The van der Waals surface area contributed by atoms with Gasteiger partial charge in [-0.25, -0.2) is 0 Å². The number of hydrogen-bond donors (Lipinski definition) is 0. The number of rotatable bonds is 4. The van der Waals surface area contributed by atoms with Crippen molar-refractivity contribution in [2.45, 2.75) is 48.5 Å². The molecule has 0 saturated carbocycles. The summed E-state index contributed by atoms with van der Waals surface area (Å²) < 4.78 is 19.7. The summed E-state index contributed by atoms with van der Waals surface area (Å²) in [7, 11) is 6.65. The molecule has 0 saturated heterocycles. The van der Waals surface area contributed by atoms with Gasteiger partial charge in [-0.1, -0.05) is 120 Å². The zero-order chi connectivity index (χ0) is 32.0. The Bertz CT molecular complexity index is 787. The molecule has 0 spiro atoms. The predicted octanol–water partition coefficient (Wildman–Crippen LogP) is 11.1. The first kappa shape index (κ1) is 43.9. The maximum Gasteiger partial charge on any atom is 0.118 e. The summed E-state index contributed by atoms with van der Waals surface area (Å²) in [5.74, 6) is 3.64. The minimum Gasteiger partial charge on any atom is -0.497 e. The van der Waals surface area contributed by atoms with E-state index in [0.717, 1.165) is 23.0 Å². The molecule has 0 aliphatic rings. The van der Waals surface area contributed by atoms with Crippen molar-refractivity contribution in [2.75, 3.05) is 28.4 Å². The van der Waals surface area contributed by atoms with Crippen molar-refractivity contribution in [3.05, 3.63) is 134 Å². The highest BCUT2D eigenvalue weighted by Gasteiger charge is 1.82. The third-order valence-corrected chi connectivity index (χ3v) is 3.92. The smallest absolute Gasteiger partial charge is 0.118 e. The van der Waals surface area contributed by atoms with Gasteiger partial charge < -0.3 is 18.9 Å². The van der Waals surface area contributed by atoms with Gasteiger partial charge in [0, 0.05) is 0 Å². The van der Waals surface area contributed by atoms with Crippen LogP contribution < -0.4 is 18.9 Å². The van der Waals surface area contributed by atoms with E-state index in [4.69, 9.17) is 18.9 Å². The van der Waals surface area contributed by atoms with Crippen LogP contribution in [0.5, 0.6) is 23.0 Å². The molecule has 0 aromatic heterocycles. The van der Waals surface area contributed by atoms with Crippen molar-refractivity contribution in [1.82, 2.24) is 0 Å². The van der Waals surface area contributed by atoms with Gasteiger partial charge in [0.2, 0.25) is 0 Å². The molecular formula is C37H56O4. The lowest BCUT2D eigenvalue weighted by Crippen LogP contribution is -1.78. The van der Waals surface area contributed by atoms with Crippen molar-refractivity contribution in [3.63, 3.8) is 0 Å². The Kier molecular flexibility index (Phi) is 43.1. The van der Waals surface area contributed by atoms with Crippen molar-refractivity contribution in [2.24, 2.45) is 0 Å². The molecule has 4 heteroatoms. The van der Waals surface area contributed by atoms with Gasteiger partial charge in [-0.3, -0.25) is 0 Å². The maximum atomic E-state index is 4.91. The van der Waals surface area contributed by atoms with E-state index in [1.807, 2.05) is 170 Å². The molecule has 0 bridgehead atoms. The summed E-state index contributed by atoms with van der Waals surface area (Å²) in [5.41, 5.74) is 0. The lowest BCUT2D eigenvalue weighted by Gasteiger charge is -1.93. The van der Waals surface area contributed by atoms with Gasteiger partial charge in [-0.05, 0) is 55.5 Å². The van der Waals surface area contributed by atoms with Crippen LogP contribution in [-0.4, -0.2) is 28.4 Å². The average molecular weight is 565 g/mol. The van der Waals surface area contributed by atoms with Crippen molar-refractivity contribution in [1.29, 1.82) is 0 Å². The molecule has 4 aromatic carbocycles. The molecule has 0 aliphatic carbocycles. The summed E-state index contributed by atoms with van der Waals surface area (Å²) in [6.45, 7) is 17.2. The van der Waals surface area contributed by atoms with Crippen LogP contribution >= 0.6 is 0 Å². The molecule has 4 nitrogen and oxygen atoms in total. The fourth-order valence-electron chi connectivity index (χ4n) is 2.23. The SMILES string of the molecule is C=CC.CC.CC.CC.COc1ccccc1.COc1ccccc1.COc1ccccc1.COc1ccccc1. The van der Waals surface area contributed by atoms with E-state index < -0.39 is 0 Å². The zero-order valence-corrected chi connectivity index (χ0v) is 27.5. The fraction of sp³-hybridized carbons (Fsp3) is 0.297. The maximum absolute atomic E-state index is 4.91. The second-order valence-electron chi connectivity index (χ2n) is 6.48. The van der Waals surface area contributed by atoms with E-state index in [2.05, 4.69) is 6.58 Å². The lowest BCUT2D eigenvalue weighted by molar-refractivity contribution is 0.414. The highest BCUT2D eigenvalue weighted by atomic mass is 16.5. The number of para-hydroxylation sites is 4. The van der Waals surface area contributed by atoms with Crippen molar-refractivity contribution >= 4 is 0 Å². The van der Waals surface area contributed by atoms with E-state index in [1.165, 1.54) is 0 Å². The van der Waals surface area contributed by atoms with Crippen LogP contribution in [0, 0.1) is 0 Å². The largest absolute Gasteiger partial charge is 0.497 e. The first-order chi connectivity index (χ1) is 20.1. The highest BCUT2D eigenvalue weighted by molar-refractivity contribution is 5.22. The molecule has 0 N–H and O–H groups in total. The van der Waals surface area contributed by atoms with Gasteiger partial charge >= 0.3 is 0 Å². The quantitative estimate of drug-likeness (QED) is 0.231. The second kappa shape index (κ2) is 40.3. The van der Waals surface area contributed by atoms with Gasteiger partial charge in [0.15, 0.2) is 0 Å². The van der Waals surface area contributed by atoms with Gasteiger partial charge in [-0.2, -0.15) is 0 Å². The predicted molar refractivity (Wildman–Crippen MR) is 182 cm³/mol. The van der Waals surface area contributed by atoms with E-state index in [1.54, 1.807) is 34.5 Å². The third-order valence-electron chi connectivity index (χ3n) is 3.92. The summed E-state index contributed by atoms with van der Waals surface area (Å²) in [6, 6.07) is 38.7. The lowest BCUT2D eigenvalue weighted by atomic mass is 10.3. The van der Waals surface area contributed by atoms with E-state index in [-0.39, 0.29) is 0 Å². The number of hydrogen-bond acceptors (Lipinski definition) is 4. The Labute approximate surface area is 252 Å². The molecule has 0 fully saturated rings. The average Bonchev–Trinajstić information content (AvgIpc) is 3.10. The number of methoxy groups -OCH3 is 4. The molecule has 0 aliphatic heterocycles. The Balaban J connectivity index is -0.000000203. The van der Waals surface area contributed by atoms with Crippen molar-refractivity contribution < 1.29 is 18.9 Å². The Hall–Kier alpha value is -4.18. The molecular weight excluding hydrogens is 508 g/mol. The number of allylic oxidation sites excluding steroid dienone is 1.